The zero-order valence-electron chi connectivity index (χ0n) is 7.77. The maximum Gasteiger partial charge on any atom is 0.130 e. The van der Waals surface area contributed by atoms with Gasteiger partial charge in [-0.15, -0.1) is 0 Å². The minimum Gasteiger partial charge on any atom is -0.324 e. The number of rotatable bonds is 2. The van der Waals surface area contributed by atoms with E-state index in [0.717, 1.165) is 10.9 Å². The molecule has 1 nitrogen and oxygen atoms in total. The smallest absolute Gasteiger partial charge is 0.130 e. The Morgan fingerprint density at radius 3 is 2.69 bits per heavy atom. The number of halogens is 2. The maximum atomic E-state index is 13.5. The highest BCUT2D eigenvalue weighted by Gasteiger charge is 2.12. The predicted molar refractivity (Wildman–Crippen MR) is 56.1 cm³/mol. The summed E-state index contributed by atoms with van der Waals surface area (Å²) < 4.78 is 14.4. The number of aryl methyl sites for hydroxylation is 1. The first-order valence-corrected chi connectivity index (χ1v) is 5.06. The van der Waals surface area contributed by atoms with Crippen molar-refractivity contribution in [2.24, 2.45) is 5.73 Å². The summed E-state index contributed by atoms with van der Waals surface area (Å²) in [5.41, 5.74) is 7.00. The van der Waals surface area contributed by atoms with E-state index in [1.54, 1.807) is 19.1 Å². The molecule has 0 spiro atoms. The van der Waals surface area contributed by atoms with Gasteiger partial charge in [-0.3, -0.25) is 0 Å². The molecule has 1 atom stereocenters. The predicted octanol–water partition coefficient (Wildman–Crippen LogP) is 3.31. The fourth-order valence-corrected chi connectivity index (χ4v) is 1.83. The van der Waals surface area contributed by atoms with Gasteiger partial charge in [0, 0.05) is 16.1 Å². The van der Waals surface area contributed by atoms with Crippen LogP contribution in [0, 0.1) is 12.7 Å². The quantitative estimate of drug-likeness (QED) is 0.851. The largest absolute Gasteiger partial charge is 0.324 e. The molecule has 0 fully saturated rings. The second kappa shape index (κ2) is 4.20. The Morgan fingerprint density at radius 2 is 2.15 bits per heavy atom. The van der Waals surface area contributed by atoms with Crippen molar-refractivity contribution in [1.82, 2.24) is 0 Å². The van der Waals surface area contributed by atoms with Gasteiger partial charge in [0.15, 0.2) is 0 Å². The molecule has 0 aliphatic carbocycles. The minimum atomic E-state index is -0.212. The molecule has 0 saturated heterocycles. The molecule has 0 heterocycles. The standard InChI is InChI=1S/C10H13BrFN/c1-3-9(13)8-5-7(11)4-6(2)10(8)12/h4-5,9H,3,13H2,1-2H3. The van der Waals surface area contributed by atoms with Crippen molar-refractivity contribution in [3.05, 3.63) is 33.5 Å². The molecule has 2 N–H and O–H groups in total. The van der Waals surface area contributed by atoms with Crippen LogP contribution in [-0.4, -0.2) is 0 Å². The van der Waals surface area contributed by atoms with Gasteiger partial charge >= 0.3 is 0 Å². The highest BCUT2D eigenvalue weighted by atomic mass is 79.9. The van der Waals surface area contributed by atoms with E-state index in [0.29, 0.717) is 11.1 Å². The Hall–Kier alpha value is -0.410. The van der Waals surface area contributed by atoms with E-state index in [-0.39, 0.29) is 11.9 Å². The molecule has 0 aliphatic heterocycles. The molecule has 0 radical (unpaired) electrons. The van der Waals surface area contributed by atoms with Gasteiger partial charge in [0.2, 0.25) is 0 Å². The van der Waals surface area contributed by atoms with Crippen LogP contribution in [0.5, 0.6) is 0 Å². The molecule has 0 aromatic heterocycles. The summed E-state index contributed by atoms with van der Waals surface area (Å²) in [6.07, 6.45) is 0.743. The molecule has 0 aliphatic rings. The molecule has 3 heteroatoms. The second-order valence-corrected chi connectivity index (χ2v) is 4.06. The number of hydrogen-bond donors (Lipinski definition) is 1. The van der Waals surface area contributed by atoms with Gasteiger partial charge in [0.1, 0.15) is 5.82 Å². The summed E-state index contributed by atoms with van der Waals surface area (Å²) in [5.74, 6) is -0.183. The van der Waals surface area contributed by atoms with Crippen LogP contribution in [0.1, 0.15) is 30.5 Å². The molecule has 1 aromatic carbocycles. The van der Waals surface area contributed by atoms with Crippen molar-refractivity contribution >= 4 is 15.9 Å². The van der Waals surface area contributed by atoms with Crippen LogP contribution >= 0.6 is 15.9 Å². The van der Waals surface area contributed by atoms with E-state index >= 15 is 0 Å². The lowest BCUT2D eigenvalue weighted by atomic mass is 10.0. The molecule has 0 bridgehead atoms. The zero-order chi connectivity index (χ0) is 10.0. The first kappa shape index (κ1) is 10.7. The summed E-state index contributed by atoms with van der Waals surface area (Å²) in [5, 5.41) is 0. The Labute approximate surface area is 86.3 Å². The zero-order valence-corrected chi connectivity index (χ0v) is 9.36. The molecule has 72 valence electrons. The van der Waals surface area contributed by atoms with Crippen molar-refractivity contribution < 1.29 is 4.39 Å². The van der Waals surface area contributed by atoms with E-state index in [4.69, 9.17) is 5.73 Å². The van der Waals surface area contributed by atoms with Crippen LogP contribution in [0.2, 0.25) is 0 Å². The normalized spacial score (nSPS) is 13.0. The van der Waals surface area contributed by atoms with E-state index in [9.17, 15) is 4.39 Å². The molecule has 1 rings (SSSR count). The Kier molecular flexibility index (Phi) is 3.45. The summed E-state index contributed by atoms with van der Waals surface area (Å²) >= 11 is 3.32. The van der Waals surface area contributed by atoms with Crippen LogP contribution in [0.15, 0.2) is 16.6 Å². The van der Waals surface area contributed by atoms with Gasteiger partial charge in [-0.2, -0.15) is 0 Å². The van der Waals surface area contributed by atoms with Crippen LogP contribution in [-0.2, 0) is 0 Å². The van der Waals surface area contributed by atoms with Crippen molar-refractivity contribution in [2.75, 3.05) is 0 Å². The summed E-state index contributed by atoms with van der Waals surface area (Å²) in [6.45, 7) is 3.69. The molecule has 0 saturated carbocycles. The molecule has 1 aromatic rings. The highest BCUT2D eigenvalue weighted by molar-refractivity contribution is 9.10. The number of hydrogen-bond acceptors (Lipinski definition) is 1. The lowest BCUT2D eigenvalue weighted by molar-refractivity contribution is 0.568. The Morgan fingerprint density at radius 1 is 1.54 bits per heavy atom. The van der Waals surface area contributed by atoms with Gasteiger partial charge in [-0.1, -0.05) is 22.9 Å². The third-order valence-corrected chi connectivity index (χ3v) is 2.54. The van der Waals surface area contributed by atoms with E-state index in [1.807, 2.05) is 6.92 Å². The van der Waals surface area contributed by atoms with E-state index < -0.39 is 0 Å². The molecular formula is C10H13BrFN. The summed E-state index contributed by atoms with van der Waals surface area (Å²) in [6, 6.07) is 3.29. The molecule has 13 heavy (non-hydrogen) atoms. The second-order valence-electron chi connectivity index (χ2n) is 3.14. The first-order valence-electron chi connectivity index (χ1n) is 4.27. The third kappa shape index (κ3) is 2.29. The van der Waals surface area contributed by atoms with Gasteiger partial charge < -0.3 is 5.73 Å². The maximum absolute atomic E-state index is 13.5. The highest BCUT2D eigenvalue weighted by Crippen LogP contribution is 2.24. The molecular weight excluding hydrogens is 233 g/mol. The third-order valence-electron chi connectivity index (χ3n) is 2.09. The van der Waals surface area contributed by atoms with Crippen LogP contribution in [0.3, 0.4) is 0 Å². The van der Waals surface area contributed by atoms with Crippen molar-refractivity contribution in [3.8, 4) is 0 Å². The van der Waals surface area contributed by atoms with Crippen LogP contribution in [0.4, 0.5) is 4.39 Å². The topological polar surface area (TPSA) is 26.0 Å². The van der Waals surface area contributed by atoms with E-state index in [1.165, 1.54) is 0 Å². The first-order chi connectivity index (χ1) is 6.06. The van der Waals surface area contributed by atoms with Crippen LogP contribution < -0.4 is 5.73 Å². The Bertz CT molecular complexity index is 312. The fraction of sp³-hybridized carbons (Fsp3) is 0.400. The van der Waals surface area contributed by atoms with Crippen molar-refractivity contribution in [3.63, 3.8) is 0 Å². The molecule has 0 amide bonds. The summed E-state index contributed by atoms with van der Waals surface area (Å²) in [7, 11) is 0. The lowest BCUT2D eigenvalue weighted by Crippen LogP contribution is -2.11. The van der Waals surface area contributed by atoms with Crippen molar-refractivity contribution in [1.29, 1.82) is 0 Å². The van der Waals surface area contributed by atoms with Gasteiger partial charge in [-0.05, 0) is 31.0 Å². The Balaban J connectivity index is 3.20. The minimum absolute atomic E-state index is 0.183. The van der Waals surface area contributed by atoms with Crippen LogP contribution in [0.25, 0.3) is 0 Å². The van der Waals surface area contributed by atoms with E-state index in [2.05, 4.69) is 15.9 Å². The van der Waals surface area contributed by atoms with Gasteiger partial charge in [0.05, 0.1) is 0 Å². The summed E-state index contributed by atoms with van der Waals surface area (Å²) in [4.78, 5) is 0. The van der Waals surface area contributed by atoms with Crippen molar-refractivity contribution in [2.45, 2.75) is 26.3 Å². The fourth-order valence-electron chi connectivity index (χ4n) is 1.24. The molecule has 1 unspecified atom stereocenters. The average Bonchev–Trinajstić information content (AvgIpc) is 2.10. The van der Waals surface area contributed by atoms with Gasteiger partial charge in [-0.25, -0.2) is 4.39 Å². The SMILES string of the molecule is CCC(N)c1cc(Br)cc(C)c1F. The number of benzene rings is 1. The monoisotopic (exact) mass is 245 g/mol. The van der Waals surface area contributed by atoms with Gasteiger partial charge in [0.25, 0.3) is 0 Å². The number of nitrogens with two attached hydrogens (primary N) is 1. The average molecular weight is 246 g/mol. The lowest BCUT2D eigenvalue weighted by Gasteiger charge is -2.12.